The second kappa shape index (κ2) is 12.4. The zero-order valence-corrected chi connectivity index (χ0v) is 32.0. The molecule has 8 aromatic carbocycles. The van der Waals surface area contributed by atoms with Crippen molar-refractivity contribution in [3.8, 4) is 27.9 Å². The quantitative estimate of drug-likeness (QED) is 0.166. The van der Waals surface area contributed by atoms with Gasteiger partial charge in [0.1, 0.15) is 0 Å². The summed E-state index contributed by atoms with van der Waals surface area (Å²) in [4.78, 5) is 2.42. The second-order valence-corrected chi connectivity index (χ2v) is 16.1. The molecule has 11 rings (SSSR count). The third-order valence-corrected chi connectivity index (χ3v) is 12.2. The molecule has 1 aromatic heterocycles. The lowest BCUT2D eigenvalue weighted by molar-refractivity contribution is 0.648. The predicted octanol–water partition coefficient (Wildman–Crippen LogP) is 14.1. The summed E-state index contributed by atoms with van der Waals surface area (Å²) < 4.78 is 2.44. The highest BCUT2D eigenvalue weighted by atomic mass is 15.1. The van der Waals surface area contributed by atoms with Crippen LogP contribution in [-0.4, -0.2) is 4.57 Å². The number of hydrogen-bond acceptors (Lipinski definition) is 1. The SMILES string of the molecule is Cc1ccc2c(c1)c1cc(CC(C)C)ccc1n2-c1ccc(N(c2ccccc2)c2ccc3c(c2)C2(c4ccccc4-c4ccccc42)c2ccccc2-3)cc1. The Morgan fingerprint density at radius 1 is 0.464 bits per heavy atom. The van der Waals surface area contributed by atoms with Gasteiger partial charge in [-0.2, -0.15) is 0 Å². The van der Waals surface area contributed by atoms with Gasteiger partial charge in [-0.1, -0.05) is 129 Å². The smallest absolute Gasteiger partial charge is 0.0726 e. The first-order valence-electron chi connectivity index (χ1n) is 19.9. The molecule has 0 radical (unpaired) electrons. The van der Waals surface area contributed by atoms with Crippen LogP contribution in [0.15, 0.2) is 182 Å². The Hall–Kier alpha value is -6.64. The first-order chi connectivity index (χ1) is 27.5. The van der Waals surface area contributed by atoms with Gasteiger partial charge in [0.2, 0.25) is 0 Å². The van der Waals surface area contributed by atoms with Crippen LogP contribution in [0.5, 0.6) is 0 Å². The Kier molecular flexibility index (Phi) is 7.28. The van der Waals surface area contributed by atoms with Crippen molar-refractivity contribution in [3.63, 3.8) is 0 Å². The van der Waals surface area contributed by atoms with Crippen molar-refractivity contribution < 1.29 is 0 Å². The molecule has 2 aliphatic carbocycles. The van der Waals surface area contributed by atoms with E-state index >= 15 is 0 Å². The van der Waals surface area contributed by atoms with Gasteiger partial charge < -0.3 is 9.47 Å². The van der Waals surface area contributed by atoms with Gasteiger partial charge in [-0.3, -0.25) is 0 Å². The standard InChI is InChI=1S/C54H42N2/c1-35(2)31-37-22-30-53-47(33-37)46-32-36(3)21-29-52(46)56(53)40-25-23-39(24-26-40)55(38-13-5-4-6-14-38)41-27-28-45-44-17-9-12-20-50(44)54(51(45)34-41)48-18-10-7-15-42(48)43-16-8-11-19-49(43)54/h4-30,32-35H,31H2,1-3H3. The van der Waals surface area contributed by atoms with Gasteiger partial charge in [0, 0.05) is 33.5 Å². The number of rotatable bonds is 6. The number of benzene rings is 8. The summed E-state index contributed by atoms with van der Waals surface area (Å²) in [5.74, 6) is 0.610. The lowest BCUT2D eigenvalue weighted by Crippen LogP contribution is -2.26. The molecule has 268 valence electrons. The van der Waals surface area contributed by atoms with E-state index in [-0.39, 0.29) is 0 Å². The van der Waals surface area contributed by atoms with Crippen LogP contribution in [-0.2, 0) is 11.8 Å². The summed E-state index contributed by atoms with van der Waals surface area (Å²) in [6, 6.07) is 68.2. The summed E-state index contributed by atoms with van der Waals surface area (Å²) in [7, 11) is 0. The van der Waals surface area contributed by atoms with Crippen LogP contribution >= 0.6 is 0 Å². The predicted molar refractivity (Wildman–Crippen MR) is 235 cm³/mol. The van der Waals surface area contributed by atoms with Gasteiger partial charge in [0.05, 0.1) is 16.4 Å². The van der Waals surface area contributed by atoms with Crippen molar-refractivity contribution in [2.24, 2.45) is 5.92 Å². The Labute approximate surface area is 328 Å². The maximum Gasteiger partial charge on any atom is 0.0726 e. The lowest BCUT2D eigenvalue weighted by atomic mass is 9.70. The minimum absolute atomic E-state index is 0.398. The molecule has 0 fully saturated rings. The molecular weight excluding hydrogens is 677 g/mol. The molecule has 1 spiro atoms. The number of fused-ring (bicyclic) bond motifs is 13. The van der Waals surface area contributed by atoms with Gasteiger partial charge in [-0.15, -0.1) is 0 Å². The van der Waals surface area contributed by atoms with E-state index in [1.54, 1.807) is 0 Å². The van der Waals surface area contributed by atoms with Crippen molar-refractivity contribution >= 4 is 38.9 Å². The molecule has 0 unspecified atom stereocenters. The average Bonchev–Trinajstić information content (AvgIpc) is 3.83. The molecule has 2 heteroatoms. The molecule has 0 atom stereocenters. The normalized spacial score (nSPS) is 13.3. The van der Waals surface area contributed by atoms with Gasteiger partial charge in [0.25, 0.3) is 0 Å². The van der Waals surface area contributed by atoms with E-state index < -0.39 is 5.41 Å². The molecular formula is C54H42N2. The van der Waals surface area contributed by atoms with Crippen LogP contribution in [0.25, 0.3) is 49.7 Å². The van der Waals surface area contributed by atoms with Gasteiger partial charge >= 0.3 is 0 Å². The molecule has 9 aromatic rings. The minimum Gasteiger partial charge on any atom is -0.310 e. The van der Waals surface area contributed by atoms with E-state index in [9.17, 15) is 0 Å². The van der Waals surface area contributed by atoms with E-state index in [0.717, 1.165) is 29.2 Å². The second-order valence-electron chi connectivity index (χ2n) is 16.1. The van der Waals surface area contributed by atoms with E-state index in [2.05, 4.69) is 212 Å². The summed E-state index contributed by atoms with van der Waals surface area (Å²) in [6.07, 6.45) is 1.08. The summed E-state index contributed by atoms with van der Waals surface area (Å²) in [6.45, 7) is 6.78. The maximum absolute atomic E-state index is 2.47. The van der Waals surface area contributed by atoms with Gasteiger partial charge in [0.15, 0.2) is 0 Å². The van der Waals surface area contributed by atoms with E-state index in [1.165, 1.54) is 77.4 Å². The number of para-hydroxylation sites is 1. The third-order valence-electron chi connectivity index (χ3n) is 12.2. The van der Waals surface area contributed by atoms with Gasteiger partial charge in [-0.05, 0) is 142 Å². The fourth-order valence-electron chi connectivity index (χ4n) is 10.1. The zero-order chi connectivity index (χ0) is 37.5. The number of anilines is 3. The van der Waals surface area contributed by atoms with Crippen LogP contribution in [0.2, 0.25) is 0 Å². The van der Waals surface area contributed by atoms with Gasteiger partial charge in [-0.25, -0.2) is 0 Å². The highest BCUT2D eigenvalue weighted by molar-refractivity contribution is 6.10. The van der Waals surface area contributed by atoms with Crippen molar-refractivity contribution in [3.05, 3.63) is 215 Å². The molecule has 1 heterocycles. The molecule has 0 bridgehead atoms. The topological polar surface area (TPSA) is 8.17 Å². The number of aromatic nitrogens is 1. The Bertz CT molecular complexity index is 2920. The van der Waals surface area contributed by atoms with Crippen molar-refractivity contribution in [1.29, 1.82) is 0 Å². The van der Waals surface area contributed by atoms with E-state index in [1.807, 2.05) is 0 Å². The lowest BCUT2D eigenvalue weighted by Gasteiger charge is -2.32. The summed E-state index contributed by atoms with van der Waals surface area (Å²) in [5.41, 5.74) is 20.0. The average molecular weight is 719 g/mol. The number of aryl methyl sites for hydroxylation is 1. The Balaban J connectivity index is 1.09. The molecule has 56 heavy (non-hydrogen) atoms. The van der Waals surface area contributed by atoms with Crippen LogP contribution in [0.3, 0.4) is 0 Å². The monoisotopic (exact) mass is 718 g/mol. The molecule has 2 nitrogen and oxygen atoms in total. The van der Waals surface area contributed by atoms with Crippen LogP contribution in [0.4, 0.5) is 17.1 Å². The van der Waals surface area contributed by atoms with Crippen LogP contribution in [0, 0.1) is 12.8 Å². The number of nitrogens with zero attached hydrogens (tertiary/aromatic N) is 2. The van der Waals surface area contributed by atoms with E-state index in [0.29, 0.717) is 5.92 Å². The fraction of sp³-hybridized carbons (Fsp3) is 0.111. The van der Waals surface area contributed by atoms with Crippen LogP contribution < -0.4 is 4.90 Å². The Morgan fingerprint density at radius 3 is 1.61 bits per heavy atom. The molecule has 0 N–H and O–H groups in total. The van der Waals surface area contributed by atoms with Crippen molar-refractivity contribution in [1.82, 2.24) is 4.57 Å². The third kappa shape index (κ3) is 4.69. The first kappa shape index (κ1) is 32.8. The Morgan fingerprint density at radius 2 is 0.982 bits per heavy atom. The minimum atomic E-state index is -0.398. The van der Waals surface area contributed by atoms with Crippen molar-refractivity contribution in [2.45, 2.75) is 32.6 Å². The molecule has 0 saturated carbocycles. The molecule has 0 aliphatic heterocycles. The molecule has 2 aliphatic rings. The summed E-state index contributed by atoms with van der Waals surface area (Å²) >= 11 is 0. The highest BCUT2D eigenvalue weighted by Crippen LogP contribution is 2.63. The molecule has 0 saturated heterocycles. The summed E-state index contributed by atoms with van der Waals surface area (Å²) in [5, 5.41) is 2.63. The fourth-order valence-corrected chi connectivity index (χ4v) is 10.1. The van der Waals surface area contributed by atoms with E-state index in [4.69, 9.17) is 0 Å². The highest BCUT2D eigenvalue weighted by Gasteiger charge is 2.51. The maximum atomic E-state index is 2.47. The van der Waals surface area contributed by atoms with Crippen LogP contribution in [0.1, 0.15) is 47.2 Å². The largest absolute Gasteiger partial charge is 0.310 e. The first-order valence-corrected chi connectivity index (χ1v) is 19.9. The zero-order valence-electron chi connectivity index (χ0n) is 32.0. The molecule has 0 amide bonds. The number of hydrogen-bond donors (Lipinski definition) is 0. The van der Waals surface area contributed by atoms with Crippen molar-refractivity contribution in [2.75, 3.05) is 4.90 Å².